The van der Waals surface area contributed by atoms with Crippen LogP contribution in [-0.4, -0.2) is 41.2 Å². The quantitative estimate of drug-likeness (QED) is 0.382. The average Bonchev–Trinajstić information content (AvgIpc) is 3.36. The monoisotopic (exact) mass is 498 g/mol. The summed E-state index contributed by atoms with van der Waals surface area (Å²) < 4.78 is 41.0. The van der Waals surface area contributed by atoms with E-state index in [1.54, 1.807) is 41.4 Å². The molecule has 0 radical (unpaired) electrons. The molecule has 0 spiro atoms. The Labute approximate surface area is 212 Å². The Hall–Kier alpha value is -3.55. The third kappa shape index (κ3) is 4.08. The summed E-state index contributed by atoms with van der Waals surface area (Å²) in [6, 6.07) is 3.86. The molecule has 1 aliphatic heterocycles. The van der Waals surface area contributed by atoms with E-state index in [4.69, 9.17) is 33.2 Å². The minimum atomic E-state index is -0.589. The van der Waals surface area contributed by atoms with Gasteiger partial charge in [-0.3, -0.25) is 0 Å². The lowest BCUT2D eigenvalue weighted by Gasteiger charge is -2.35. The fourth-order valence-electron chi connectivity index (χ4n) is 4.96. The van der Waals surface area contributed by atoms with Crippen LogP contribution >= 0.6 is 0 Å². The Morgan fingerprint density at radius 2 is 1.64 bits per heavy atom. The maximum Gasteiger partial charge on any atom is 0.333 e. The first-order valence-electron chi connectivity index (χ1n) is 12.0. The zero-order chi connectivity index (χ0) is 26.1. The van der Waals surface area contributed by atoms with E-state index in [0.29, 0.717) is 52.1 Å². The number of fused-ring (bicyclic) bond motifs is 4. The number of carbonyl (C=O) groups is 1. The van der Waals surface area contributed by atoms with Gasteiger partial charge in [-0.05, 0) is 43.9 Å². The topological polar surface area (TPSA) is 81.7 Å². The van der Waals surface area contributed by atoms with Crippen LogP contribution in [0.25, 0.3) is 11.1 Å². The molecule has 0 amide bonds. The largest absolute Gasteiger partial charge is 0.493 e. The van der Waals surface area contributed by atoms with Crippen LogP contribution in [0.15, 0.2) is 23.8 Å². The van der Waals surface area contributed by atoms with Gasteiger partial charge in [0.05, 0.1) is 28.4 Å². The van der Waals surface area contributed by atoms with Crippen LogP contribution in [-0.2, 0) is 16.0 Å². The summed E-state index contributed by atoms with van der Waals surface area (Å²) in [7, 11) is 6.30. The number of esters is 1. The third-order valence-electron chi connectivity index (χ3n) is 7.23. The van der Waals surface area contributed by atoms with E-state index in [2.05, 4.69) is 13.8 Å². The highest BCUT2D eigenvalue weighted by atomic mass is 16.7. The molecule has 2 aliphatic rings. The molecule has 36 heavy (non-hydrogen) atoms. The number of carbonyl (C=O) groups excluding carboxylic acids is 1. The van der Waals surface area contributed by atoms with Crippen LogP contribution in [0.4, 0.5) is 0 Å². The van der Waals surface area contributed by atoms with E-state index >= 15 is 0 Å². The first-order chi connectivity index (χ1) is 17.3. The molecule has 4 rings (SSSR count). The van der Waals surface area contributed by atoms with E-state index in [1.807, 2.05) is 19.1 Å². The number of hydrogen-bond acceptors (Lipinski definition) is 8. The van der Waals surface area contributed by atoms with Crippen molar-refractivity contribution in [2.45, 2.75) is 40.2 Å². The van der Waals surface area contributed by atoms with E-state index in [0.717, 1.165) is 16.7 Å². The molecule has 0 saturated heterocycles. The van der Waals surface area contributed by atoms with Crippen LogP contribution in [0.1, 0.15) is 44.9 Å². The van der Waals surface area contributed by atoms with Gasteiger partial charge < -0.3 is 33.2 Å². The van der Waals surface area contributed by atoms with Crippen molar-refractivity contribution in [3.63, 3.8) is 0 Å². The molecule has 0 bridgehead atoms. The summed E-state index contributed by atoms with van der Waals surface area (Å²) in [5.41, 5.74) is 3.77. The molecule has 2 aromatic rings. The van der Waals surface area contributed by atoms with E-state index in [9.17, 15) is 4.79 Å². The van der Waals surface area contributed by atoms with Crippen LogP contribution < -0.4 is 28.4 Å². The molecule has 3 unspecified atom stereocenters. The van der Waals surface area contributed by atoms with Gasteiger partial charge in [0.2, 0.25) is 18.3 Å². The lowest BCUT2D eigenvalue weighted by Crippen LogP contribution is -2.27. The number of benzene rings is 2. The molecule has 1 aliphatic carbocycles. The highest BCUT2D eigenvalue weighted by molar-refractivity contribution is 5.90. The van der Waals surface area contributed by atoms with Gasteiger partial charge in [-0.2, -0.15) is 0 Å². The van der Waals surface area contributed by atoms with Gasteiger partial charge in [0.25, 0.3) is 0 Å². The van der Waals surface area contributed by atoms with Crippen LogP contribution in [0, 0.1) is 11.8 Å². The van der Waals surface area contributed by atoms with Crippen molar-refractivity contribution in [2.75, 3.05) is 35.2 Å². The summed E-state index contributed by atoms with van der Waals surface area (Å²) in [4.78, 5) is 13.0. The summed E-state index contributed by atoms with van der Waals surface area (Å²) in [5.74, 6) is 2.78. The second-order valence-electron chi connectivity index (χ2n) is 9.13. The zero-order valence-electron chi connectivity index (χ0n) is 22.1. The van der Waals surface area contributed by atoms with E-state index in [1.165, 1.54) is 0 Å². The highest BCUT2D eigenvalue weighted by Gasteiger charge is 2.39. The number of rotatable bonds is 6. The van der Waals surface area contributed by atoms with Crippen LogP contribution in [0.2, 0.25) is 0 Å². The first kappa shape index (κ1) is 25.5. The van der Waals surface area contributed by atoms with Gasteiger partial charge in [-0.1, -0.05) is 19.9 Å². The first-order valence-corrected chi connectivity index (χ1v) is 12.0. The smallest absolute Gasteiger partial charge is 0.333 e. The second-order valence-corrected chi connectivity index (χ2v) is 9.13. The molecule has 194 valence electrons. The maximum atomic E-state index is 13.0. The zero-order valence-corrected chi connectivity index (χ0v) is 22.1. The molecule has 3 atom stereocenters. The molecule has 1 heterocycles. The molecule has 0 aromatic heterocycles. The number of ether oxygens (including phenoxy) is 7. The Morgan fingerprint density at radius 3 is 2.25 bits per heavy atom. The Morgan fingerprint density at radius 1 is 0.944 bits per heavy atom. The predicted octanol–water partition coefficient (Wildman–Crippen LogP) is 5.50. The molecular weight excluding hydrogens is 464 g/mol. The summed E-state index contributed by atoms with van der Waals surface area (Å²) in [6.07, 6.45) is 1.85. The molecule has 0 saturated carbocycles. The highest BCUT2D eigenvalue weighted by Crippen LogP contribution is 2.58. The predicted molar refractivity (Wildman–Crippen MR) is 135 cm³/mol. The number of allylic oxidation sites excluding steroid dienone is 1. The standard InChI is InChI=1S/C28H34O8/c1-9-14(2)28(29)36-23-16(4)15(3)10-17-11-20-25(35-13-34-20)26(32-7)21(17)22-18(23)12-19(30-5)24(31-6)27(22)33-8/h9,11-12,15-16,23H,10,13H2,1-8H3. The maximum absolute atomic E-state index is 13.0. The van der Waals surface area contributed by atoms with Gasteiger partial charge in [0.15, 0.2) is 23.0 Å². The van der Waals surface area contributed by atoms with Crippen LogP contribution in [0.5, 0.6) is 34.5 Å². The Bertz CT molecular complexity index is 1200. The summed E-state index contributed by atoms with van der Waals surface area (Å²) in [6.45, 7) is 7.91. The van der Waals surface area contributed by atoms with Gasteiger partial charge >= 0.3 is 5.97 Å². The molecule has 0 fully saturated rings. The van der Waals surface area contributed by atoms with E-state index < -0.39 is 6.10 Å². The lowest BCUT2D eigenvalue weighted by atomic mass is 9.75. The van der Waals surface area contributed by atoms with Crippen LogP contribution in [0.3, 0.4) is 0 Å². The fraction of sp³-hybridized carbons (Fsp3) is 0.464. The minimum Gasteiger partial charge on any atom is -0.493 e. The van der Waals surface area contributed by atoms with Crippen molar-refractivity contribution >= 4 is 5.97 Å². The second kappa shape index (κ2) is 10.2. The Balaban J connectivity index is 2.13. The normalized spacial score (nSPS) is 20.4. The van der Waals surface area contributed by atoms with E-state index in [-0.39, 0.29) is 24.6 Å². The minimum absolute atomic E-state index is 0.0373. The van der Waals surface area contributed by atoms with Gasteiger partial charge in [0, 0.05) is 28.2 Å². The summed E-state index contributed by atoms with van der Waals surface area (Å²) >= 11 is 0. The van der Waals surface area contributed by atoms with Crippen molar-refractivity contribution < 1.29 is 38.0 Å². The average molecular weight is 499 g/mol. The fourth-order valence-corrected chi connectivity index (χ4v) is 4.96. The molecule has 0 N–H and O–H groups in total. The van der Waals surface area contributed by atoms with Gasteiger partial charge in [-0.15, -0.1) is 0 Å². The number of methoxy groups -OCH3 is 4. The number of hydrogen-bond donors (Lipinski definition) is 0. The third-order valence-corrected chi connectivity index (χ3v) is 7.23. The SMILES string of the molecule is CC=C(C)C(=O)OC1c2cc(OC)c(OC)c(OC)c2-c2c(cc3c(c2OC)OCO3)CC(C)C1C. The van der Waals surface area contributed by atoms with Crippen molar-refractivity contribution in [3.05, 3.63) is 34.9 Å². The molecule has 8 heteroatoms. The lowest BCUT2D eigenvalue weighted by molar-refractivity contribution is -0.148. The van der Waals surface area contributed by atoms with Crippen molar-refractivity contribution in [3.8, 4) is 45.6 Å². The summed E-state index contributed by atoms with van der Waals surface area (Å²) in [5, 5.41) is 0. The van der Waals surface area contributed by atoms with Crippen molar-refractivity contribution in [1.29, 1.82) is 0 Å². The molecule has 8 nitrogen and oxygen atoms in total. The van der Waals surface area contributed by atoms with Gasteiger partial charge in [0.1, 0.15) is 6.10 Å². The van der Waals surface area contributed by atoms with Crippen molar-refractivity contribution in [2.24, 2.45) is 11.8 Å². The van der Waals surface area contributed by atoms with Gasteiger partial charge in [-0.25, -0.2) is 4.79 Å². The molecular formula is C28H34O8. The molecule has 2 aromatic carbocycles. The Kier molecular flexibility index (Phi) is 7.24. The van der Waals surface area contributed by atoms with Crippen molar-refractivity contribution in [1.82, 2.24) is 0 Å².